The third kappa shape index (κ3) is 3.15. The van der Waals surface area contributed by atoms with E-state index in [0.29, 0.717) is 0 Å². The first-order valence-corrected chi connectivity index (χ1v) is 10.3. The van der Waals surface area contributed by atoms with E-state index in [1.54, 1.807) is 4.90 Å². The molecule has 1 saturated heterocycles. The smallest absolute Gasteiger partial charge is 0.276 e. The quantitative estimate of drug-likeness (QED) is 0.753. The molecule has 31 heavy (non-hydrogen) atoms. The number of hydrogen-bond acceptors (Lipinski definition) is 5. The van der Waals surface area contributed by atoms with Gasteiger partial charge in [-0.25, -0.2) is 8.78 Å². The van der Waals surface area contributed by atoms with Gasteiger partial charge in [-0.05, 0) is 37.3 Å². The Labute approximate surface area is 175 Å². The van der Waals surface area contributed by atoms with Crippen molar-refractivity contribution in [1.82, 2.24) is 9.47 Å². The number of amides is 1. The van der Waals surface area contributed by atoms with Crippen molar-refractivity contribution in [2.24, 2.45) is 0 Å². The normalized spacial score (nSPS) is 24.1. The zero-order valence-corrected chi connectivity index (χ0v) is 16.5. The number of Topliss-reactive ketones (excluding diaryl/α,β-unsaturated/α-hetero) is 1. The van der Waals surface area contributed by atoms with E-state index in [1.165, 1.54) is 16.8 Å². The Morgan fingerprint density at radius 1 is 1.23 bits per heavy atom. The minimum absolute atomic E-state index is 0.0330. The molecule has 3 unspecified atom stereocenters. The van der Waals surface area contributed by atoms with Gasteiger partial charge in [0.2, 0.25) is 5.43 Å². The molecular formula is C22H20F2N2O5. The number of fused-ring (bicyclic) bond motifs is 4. The second-order valence-electron chi connectivity index (χ2n) is 8.22. The first-order chi connectivity index (χ1) is 14.8. The van der Waals surface area contributed by atoms with Crippen molar-refractivity contribution < 1.29 is 28.2 Å². The second kappa shape index (κ2) is 7.26. The number of nitrogens with zero attached hydrogens (tertiary/aromatic N) is 2. The lowest BCUT2D eigenvalue weighted by molar-refractivity contribution is -0.0178. The maximum atomic E-state index is 13.8. The highest BCUT2D eigenvalue weighted by Crippen LogP contribution is 2.39. The summed E-state index contributed by atoms with van der Waals surface area (Å²) < 4.78 is 34.2. The average molecular weight is 430 g/mol. The van der Waals surface area contributed by atoms with Crippen molar-refractivity contribution in [2.75, 3.05) is 0 Å². The molecule has 7 nitrogen and oxygen atoms in total. The number of benzene rings is 1. The lowest BCUT2D eigenvalue weighted by atomic mass is 10.0. The maximum absolute atomic E-state index is 13.8. The number of pyridine rings is 1. The van der Waals surface area contributed by atoms with E-state index in [9.17, 15) is 28.3 Å². The number of aromatic nitrogens is 1. The number of hydrogen-bond donors (Lipinski definition) is 1. The van der Waals surface area contributed by atoms with Gasteiger partial charge in [0.05, 0.1) is 24.3 Å². The Hall–Kier alpha value is -3.07. The van der Waals surface area contributed by atoms with Gasteiger partial charge in [-0.15, -0.1) is 0 Å². The van der Waals surface area contributed by atoms with Crippen LogP contribution in [0.3, 0.4) is 0 Å². The first kappa shape index (κ1) is 19.9. The fourth-order valence-corrected chi connectivity index (χ4v) is 4.89. The van der Waals surface area contributed by atoms with Gasteiger partial charge in [-0.1, -0.05) is 6.07 Å². The van der Waals surface area contributed by atoms with Crippen LogP contribution in [0, 0.1) is 11.6 Å². The first-order valence-electron chi connectivity index (χ1n) is 10.3. The van der Waals surface area contributed by atoms with E-state index in [0.717, 1.165) is 31.4 Å². The number of halogens is 2. The third-order valence-electron chi connectivity index (χ3n) is 6.40. The molecule has 3 aliphatic rings. The van der Waals surface area contributed by atoms with Crippen LogP contribution in [0.5, 0.6) is 5.75 Å². The summed E-state index contributed by atoms with van der Waals surface area (Å²) in [5.41, 5.74) is -1.19. The van der Waals surface area contributed by atoms with Crippen LogP contribution in [0.2, 0.25) is 0 Å². The number of aromatic hydroxyl groups is 1. The predicted octanol–water partition coefficient (Wildman–Crippen LogP) is 2.38. The zero-order chi connectivity index (χ0) is 21.9. The van der Waals surface area contributed by atoms with Gasteiger partial charge in [0, 0.05) is 18.7 Å². The monoisotopic (exact) mass is 430 g/mol. The number of rotatable bonds is 4. The maximum Gasteiger partial charge on any atom is 0.276 e. The van der Waals surface area contributed by atoms with Crippen LogP contribution in [0.25, 0.3) is 0 Å². The summed E-state index contributed by atoms with van der Waals surface area (Å²) in [5, 5.41) is 10.5. The minimum atomic E-state index is -0.925. The van der Waals surface area contributed by atoms with Gasteiger partial charge in [0.25, 0.3) is 5.91 Å². The van der Waals surface area contributed by atoms with Crippen LogP contribution >= 0.6 is 0 Å². The fraction of sp³-hybridized carbons (Fsp3) is 0.409. The topological polar surface area (TPSA) is 88.8 Å². The van der Waals surface area contributed by atoms with E-state index >= 15 is 0 Å². The molecule has 1 aliphatic carbocycles. The van der Waals surface area contributed by atoms with E-state index < -0.39 is 40.7 Å². The van der Waals surface area contributed by atoms with E-state index in [1.807, 2.05) is 0 Å². The summed E-state index contributed by atoms with van der Waals surface area (Å²) >= 11 is 0. The summed E-state index contributed by atoms with van der Waals surface area (Å²) in [4.78, 5) is 40.0. The van der Waals surface area contributed by atoms with Crippen LogP contribution in [0.1, 0.15) is 52.1 Å². The molecular weight excluding hydrogens is 410 g/mol. The molecule has 1 aromatic heterocycles. The molecule has 9 heteroatoms. The Bertz CT molecular complexity index is 1160. The number of ketones is 1. The van der Waals surface area contributed by atoms with Crippen molar-refractivity contribution in [3.63, 3.8) is 0 Å². The molecule has 2 aliphatic heterocycles. The second-order valence-corrected chi connectivity index (χ2v) is 8.22. The van der Waals surface area contributed by atoms with Crippen molar-refractivity contribution in [3.05, 3.63) is 63.1 Å². The Kier molecular flexibility index (Phi) is 4.65. The highest BCUT2D eigenvalue weighted by molar-refractivity contribution is 6.00. The number of carbonyl (C=O) groups excluding carboxylic acids is 2. The van der Waals surface area contributed by atoms with Gasteiger partial charge >= 0.3 is 0 Å². The van der Waals surface area contributed by atoms with Crippen molar-refractivity contribution in [1.29, 1.82) is 0 Å². The van der Waals surface area contributed by atoms with Crippen LogP contribution in [0.15, 0.2) is 29.2 Å². The summed E-state index contributed by atoms with van der Waals surface area (Å²) in [7, 11) is 0. The molecule has 1 saturated carbocycles. The van der Waals surface area contributed by atoms with Gasteiger partial charge in [0.1, 0.15) is 11.6 Å². The Balaban J connectivity index is 1.42. The molecule has 3 atom stereocenters. The lowest BCUT2D eigenvalue weighted by Gasteiger charge is -2.34. The van der Waals surface area contributed by atoms with E-state index in [4.69, 9.17) is 4.74 Å². The molecule has 162 valence electrons. The summed E-state index contributed by atoms with van der Waals surface area (Å²) in [6, 6.07) is 3.01. The molecule has 1 aromatic carbocycles. The molecule has 1 amide bonds. The Morgan fingerprint density at radius 3 is 2.81 bits per heavy atom. The highest BCUT2D eigenvalue weighted by atomic mass is 19.1. The molecule has 2 fully saturated rings. The van der Waals surface area contributed by atoms with E-state index in [-0.39, 0.29) is 48.4 Å². The number of aryl methyl sites for hydroxylation is 1. The summed E-state index contributed by atoms with van der Waals surface area (Å²) in [5.74, 6) is -3.33. The third-order valence-corrected chi connectivity index (χ3v) is 6.40. The molecule has 1 N–H and O–H groups in total. The van der Waals surface area contributed by atoms with Gasteiger partial charge in [-0.2, -0.15) is 0 Å². The van der Waals surface area contributed by atoms with Gasteiger partial charge in [0.15, 0.2) is 23.5 Å². The summed E-state index contributed by atoms with van der Waals surface area (Å²) in [6.07, 6.45) is 3.09. The summed E-state index contributed by atoms with van der Waals surface area (Å²) in [6.45, 7) is 0.203. The lowest BCUT2D eigenvalue weighted by Crippen LogP contribution is -2.49. The van der Waals surface area contributed by atoms with Crippen LogP contribution in [-0.4, -0.2) is 44.6 Å². The molecule has 0 radical (unpaired) electrons. The molecule has 3 heterocycles. The highest BCUT2D eigenvalue weighted by Gasteiger charge is 2.50. The standard InChI is InChI=1S/C22H20F2N2O5/c23-12-6-4-11(14(24)8-12)5-7-16(27)13-9-25-10-18-26(15-2-1-3-17(15)31-18)22(30)19(25)21(29)20(13)28/h4,6,8-9,15,17-18,29H,1-3,5,7,10H2. The minimum Gasteiger partial charge on any atom is -0.503 e. The van der Waals surface area contributed by atoms with Crippen LogP contribution in [0.4, 0.5) is 8.78 Å². The molecule has 5 rings (SSSR count). The number of ether oxygens (including phenoxy) is 1. The predicted molar refractivity (Wildman–Crippen MR) is 104 cm³/mol. The number of carbonyl (C=O) groups is 2. The Morgan fingerprint density at radius 2 is 2.03 bits per heavy atom. The van der Waals surface area contributed by atoms with E-state index in [2.05, 4.69) is 0 Å². The van der Waals surface area contributed by atoms with Gasteiger partial charge < -0.3 is 19.3 Å². The van der Waals surface area contributed by atoms with Crippen molar-refractivity contribution in [3.8, 4) is 5.75 Å². The molecule has 2 aromatic rings. The van der Waals surface area contributed by atoms with Crippen molar-refractivity contribution in [2.45, 2.75) is 57.0 Å². The fourth-order valence-electron chi connectivity index (χ4n) is 4.89. The molecule has 0 bridgehead atoms. The van der Waals surface area contributed by atoms with Gasteiger partial charge in [-0.3, -0.25) is 14.4 Å². The van der Waals surface area contributed by atoms with Crippen LogP contribution in [-0.2, 0) is 17.7 Å². The SMILES string of the molecule is O=C(CCc1ccc(F)cc1F)c1cn2c(c(O)c1=O)C(=O)N1C(C2)OC2CCCC21. The van der Waals surface area contributed by atoms with Crippen LogP contribution < -0.4 is 5.43 Å². The average Bonchev–Trinajstić information content (AvgIpc) is 3.30. The molecule has 0 spiro atoms. The zero-order valence-electron chi connectivity index (χ0n) is 16.5. The largest absolute Gasteiger partial charge is 0.503 e. The van der Waals surface area contributed by atoms with Crippen molar-refractivity contribution >= 4 is 11.7 Å².